The molecule has 1 aromatic heterocycles. The molecule has 0 aliphatic carbocycles. The summed E-state index contributed by atoms with van der Waals surface area (Å²) in [6.07, 6.45) is 1.93. The zero-order valence-electron chi connectivity index (χ0n) is 7.95. The summed E-state index contributed by atoms with van der Waals surface area (Å²) in [6.45, 7) is 1.78. The van der Waals surface area contributed by atoms with Gasteiger partial charge in [0, 0.05) is 12.5 Å². The number of hydrogen-bond acceptors (Lipinski definition) is 4. The number of ether oxygens (including phenoxy) is 2. The summed E-state index contributed by atoms with van der Waals surface area (Å²) >= 11 is 5.52. The summed E-state index contributed by atoms with van der Waals surface area (Å²) in [5.74, 6) is -0.390. The summed E-state index contributed by atoms with van der Waals surface area (Å²) < 4.78 is 23.5. The van der Waals surface area contributed by atoms with Crippen LogP contribution in [0.15, 0.2) is 6.20 Å². The first kappa shape index (κ1) is 10.6. The molecule has 2 heterocycles. The summed E-state index contributed by atoms with van der Waals surface area (Å²) in [4.78, 5) is 7.14. The van der Waals surface area contributed by atoms with Crippen molar-refractivity contribution < 1.29 is 13.9 Å². The molecule has 15 heavy (non-hydrogen) atoms. The topological polar surface area (TPSA) is 44.2 Å². The molecule has 0 amide bonds. The number of halogens is 2. The SMILES string of the molecule is Fc1cnc(Cl)nc1OCC1CCOC1. The first-order chi connectivity index (χ1) is 7.25. The Balaban J connectivity index is 1.94. The van der Waals surface area contributed by atoms with Gasteiger partial charge >= 0.3 is 0 Å². The molecule has 2 rings (SSSR count). The van der Waals surface area contributed by atoms with Crippen LogP contribution in [0.1, 0.15) is 6.42 Å². The Morgan fingerprint density at radius 1 is 1.67 bits per heavy atom. The number of nitrogens with zero attached hydrogens (tertiary/aromatic N) is 2. The van der Waals surface area contributed by atoms with Crippen LogP contribution in [0.5, 0.6) is 5.88 Å². The van der Waals surface area contributed by atoms with Crippen molar-refractivity contribution in [2.75, 3.05) is 19.8 Å². The maximum Gasteiger partial charge on any atom is 0.254 e. The van der Waals surface area contributed by atoms with Crippen molar-refractivity contribution in [3.63, 3.8) is 0 Å². The Labute approximate surface area is 91.4 Å². The highest BCUT2D eigenvalue weighted by atomic mass is 35.5. The molecule has 1 unspecified atom stereocenters. The summed E-state index contributed by atoms with van der Waals surface area (Å²) in [5.41, 5.74) is 0. The minimum atomic E-state index is -0.599. The van der Waals surface area contributed by atoms with Crippen molar-refractivity contribution in [3.05, 3.63) is 17.3 Å². The second-order valence-corrected chi connectivity index (χ2v) is 3.67. The molecule has 0 saturated carbocycles. The van der Waals surface area contributed by atoms with Crippen LogP contribution in [0.3, 0.4) is 0 Å². The first-order valence-electron chi connectivity index (χ1n) is 4.64. The van der Waals surface area contributed by atoms with E-state index in [0.29, 0.717) is 19.1 Å². The number of rotatable bonds is 3. The predicted molar refractivity (Wildman–Crippen MR) is 51.4 cm³/mol. The van der Waals surface area contributed by atoms with Crippen molar-refractivity contribution in [1.29, 1.82) is 0 Å². The van der Waals surface area contributed by atoms with Gasteiger partial charge in [-0.25, -0.2) is 4.98 Å². The molecule has 1 atom stereocenters. The van der Waals surface area contributed by atoms with Crippen LogP contribution in [0.4, 0.5) is 4.39 Å². The highest BCUT2D eigenvalue weighted by molar-refractivity contribution is 6.28. The molecule has 1 fully saturated rings. The van der Waals surface area contributed by atoms with Gasteiger partial charge in [0.05, 0.1) is 19.4 Å². The molecular formula is C9H10ClFN2O2. The van der Waals surface area contributed by atoms with Gasteiger partial charge in [-0.15, -0.1) is 0 Å². The van der Waals surface area contributed by atoms with Gasteiger partial charge in [0.25, 0.3) is 5.88 Å². The lowest BCUT2D eigenvalue weighted by Gasteiger charge is -2.09. The number of hydrogen-bond donors (Lipinski definition) is 0. The third-order valence-electron chi connectivity index (χ3n) is 2.16. The molecule has 4 nitrogen and oxygen atoms in total. The second-order valence-electron chi connectivity index (χ2n) is 3.33. The lowest BCUT2D eigenvalue weighted by atomic mass is 10.1. The third-order valence-corrected chi connectivity index (χ3v) is 2.34. The van der Waals surface area contributed by atoms with E-state index in [1.54, 1.807) is 0 Å². The van der Waals surface area contributed by atoms with Crippen molar-refractivity contribution in [1.82, 2.24) is 9.97 Å². The van der Waals surface area contributed by atoms with Crippen LogP contribution in [0.25, 0.3) is 0 Å². The normalized spacial score (nSPS) is 20.5. The summed E-state index contributed by atoms with van der Waals surface area (Å²) in [5, 5.41) is -0.0194. The van der Waals surface area contributed by atoms with E-state index in [1.165, 1.54) is 0 Å². The Morgan fingerprint density at radius 2 is 2.53 bits per heavy atom. The van der Waals surface area contributed by atoms with E-state index in [2.05, 4.69) is 9.97 Å². The van der Waals surface area contributed by atoms with Crippen molar-refractivity contribution >= 4 is 11.6 Å². The van der Waals surface area contributed by atoms with E-state index in [4.69, 9.17) is 21.1 Å². The van der Waals surface area contributed by atoms with Crippen molar-refractivity contribution in [3.8, 4) is 5.88 Å². The Hall–Kier alpha value is -0.940. The van der Waals surface area contributed by atoms with Crippen molar-refractivity contribution in [2.45, 2.75) is 6.42 Å². The molecule has 1 saturated heterocycles. The largest absolute Gasteiger partial charge is 0.475 e. The molecule has 0 aromatic carbocycles. The Morgan fingerprint density at radius 3 is 3.27 bits per heavy atom. The molecule has 0 bridgehead atoms. The van der Waals surface area contributed by atoms with E-state index >= 15 is 0 Å². The van der Waals surface area contributed by atoms with Gasteiger partial charge in [0.15, 0.2) is 0 Å². The van der Waals surface area contributed by atoms with Crippen LogP contribution in [-0.4, -0.2) is 29.8 Å². The lowest BCUT2D eigenvalue weighted by molar-refractivity contribution is 0.163. The minimum absolute atomic E-state index is 0.0194. The highest BCUT2D eigenvalue weighted by Crippen LogP contribution is 2.18. The summed E-state index contributed by atoms with van der Waals surface area (Å²) in [7, 11) is 0. The van der Waals surface area contributed by atoms with E-state index in [0.717, 1.165) is 19.2 Å². The van der Waals surface area contributed by atoms with Crippen LogP contribution in [-0.2, 0) is 4.74 Å². The Bertz CT molecular complexity index is 345. The van der Waals surface area contributed by atoms with Gasteiger partial charge in [-0.3, -0.25) is 0 Å². The maximum atomic E-state index is 13.1. The first-order valence-corrected chi connectivity index (χ1v) is 5.02. The third kappa shape index (κ3) is 2.76. The van der Waals surface area contributed by atoms with Gasteiger partial charge in [-0.05, 0) is 18.0 Å². The maximum absolute atomic E-state index is 13.1. The van der Waals surface area contributed by atoms with E-state index in [1.807, 2.05) is 0 Å². The molecule has 0 spiro atoms. The molecule has 0 N–H and O–H groups in total. The molecule has 1 aromatic rings. The Kier molecular flexibility index (Phi) is 3.33. The zero-order valence-corrected chi connectivity index (χ0v) is 8.71. The van der Waals surface area contributed by atoms with E-state index in [-0.39, 0.29) is 11.2 Å². The number of aromatic nitrogens is 2. The van der Waals surface area contributed by atoms with Gasteiger partial charge in [0.2, 0.25) is 11.1 Å². The van der Waals surface area contributed by atoms with Gasteiger partial charge in [0.1, 0.15) is 0 Å². The fourth-order valence-corrected chi connectivity index (χ4v) is 1.47. The van der Waals surface area contributed by atoms with E-state index in [9.17, 15) is 4.39 Å². The molecule has 0 radical (unpaired) electrons. The standard InChI is InChI=1S/C9H10ClFN2O2/c10-9-12-3-7(11)8(13-9)15-5-6-1-2-14-4-6/h3,6H,1-2,4-5H2. The smallest absolute Gasteiger partial charge is 0.254 e. The molecule has 82 valence electrons. The lowest BCUT2D eigenvalue weighted by Crippen LogP contribution is -2.13. The van der Waals surface area contributed by atoms with E-state index < -0.39 is 5.82 Å². The fraction of sp³-hybridized carbons (Fsp3) is 0.556. The molecule has 6 heteroatoms. The van der Waals surface area contributed by atoms with Crippen LogP contribution < -0.4 is 4.74 Å². The summed E-state index contributed by atoms with van der Waals surface area (Å²) in [6, 6.07) is 0. The molecule has 1 aliphatic rings. The van der Waals surface area contributed by atoms with Gasteiger partial charge in [-0.2, -0.15) is 9.37 Å². The highest BCUT2D eigenvalue weighted by Gasteiger charge is 2.17. The van der Waals surface area contributed by atoms with Gasteiger partial charge < -0.3 is 9.47 Å². The molecule has 1 aliphatic heterocycles. The zero-order chi connectivity index (χ0) is 10.7. The fourth-order valence-electron chi connectivity index (χ4n) is 1.34. The molecular weight excluding hydrogens is 223 g/mol. The monoisotopic (exact) mass is 232 g/mol. The van der Waals surface area contributed by atoms with Crippen LogP contribution in [0, 0.1) is 11.7 Å². The average molecular weight is 233 g/mol. The van der Waals surface area contributed by atoms with Crippen molar-refractivity contribution in [2.24, 2.45) is 5.92 Å². The quantitative estimate of drug-likeness (QED) is 0.744. The van der Waals surface area contributed by atoms with Crippen LogP contribution >= 0.6 is 11.6 Å². The second kappa shape index (κ2) is 4.72. The van der Waals surface area contributed by atoms with Gasteiger partial charge in [-0.1, -0.05) is 0 Å². The predicted octanol–water partition coefficient (Wildman–Crippen LogP) is 1.68. The average Bonchev–Trinajstić information content (AvgIpc) is 2.72. The minimum Gasteiger partial charge on any atom is -0.475 e. The van der Waals surface area contributed by atoms with Crippen LogP contribution in [0.2, 0.25) is 5.28 Å².